The molecule has 1 heteroatoms. The lowest BCUT2D eigenvalue weighted by molar-refractivity contribution is 0.443. The van der Waals surface area contributed by atoms with Crippen LogP contribution in [0.25, 0.3) is 66.4 Å². The fourth-order valence-electron chi connectivity index (χ4n) is 12.3. The molecule has 0 N–H and O–H groups in total. The van der Waals surface area contributed by atoms with Crippen molar-refractivity contribution in [3.05, 3.63) is 258 Å². The van der Waals surface area contributed by atoms with Gasteiger partial charge in [0.1, 0.15) is 0 Å². The smallest absolute Gasteiger partial charge is 0.0726 e. The molecule has 0 amide bonds. The zero-order chi connectivity index (χ0) is 43.6. The van der Waals surface area contributed by atoms with E-state index in [9.17, 15) is 0 Å². The summed E-state index contributed by atoms with van der Waals surface area (Å²) in [6.07, 6.45) is 6.54. The Bertz CT molecular complexity index is 3460. The Balaban J connectivity index is 1.06. The highest BCUT2D eigenvalue weighted by Gasteiger charge is 2.50. The molecule has 0 heterocycles. The van der Waals surface area contributed by atoms with Gasteiger partial charge in [0.15, 0.2) is 0 Å². The Hall–Kier alpha value is -7.74. The molecule has 3 aliphatic carbocycles. The van der Waals surface area contributed by atoms with Crippen LogP contribution in [0.5, 0.6) is 0 Å². The molecule has 0 aliphatic heterocycles. The summed E-state index contributed by atoms with van der Waals surface area (Å²) in [4.78, 5) is 2.54. The molecule has 3 aliphatic rings. The maximum Gasteiger partial charge on any atom is 0.0726 e. The molecule has 13 rings (SSSR count). The SMILES string of the molecule is c1ccc(-c2ccccc2-c2ccccc2-c2ccccc2N(c2ccc(C3CCCCC3)cc2)c2ccc3c(c2)C2(c4ccccc4-3)c3ccccc3-c3cccc4cccc2c34)cc1. The third kappa shape index (κ3) is 5.93. The number of anilines is 3. The highest BCUT2D eigenvalue weighted by Crippen LogP contribution is 2.62. The van der Waals surface area contributed by atoms with Gasteiger partial charge in [-0.05, 0) is 138 Å². The van der Waals surface area contributed by atoms with Crippen molar-refractivity contribution in [2.24, 2.45) is 0 Å². The second-order valence-corrected chi connectivity index (χ2v) is 18.5. The van der Waals surface area contributed by atoms with E-state index in [1.807, 2.05) is 0 Å². The quantitative estimate of drug-likeness (QED) is 0.154. The first-order valence-electron chi connectivity index (χ1n) is 23.9. The average Bonchev–Trinajstić information content (AvgIpc) is 3.68. The average molecular weight is 844 g/mol. The number of fused-ring (bicyclic) bond motifs is 9. The molecular formula is C65H49N. The third-order valence-corrected chi connectivity index (χ3v) is 15.1. The first-order valence-corrected chi connectivity index (χ1v) is 23.9. The molecule has 1 saturated carbocycles. The minimum atomic E-state index is -0.518. The highest BCUT2D eigenvalue weighted by molar-refractivity contribution is 6.07. The zero-order valence-electron chi connectivity index (χ0n) is 37.0. The van der Waals surface area contributed by atoms with Crippen LogP contribution in [0.4, 0.5) is 17.1 Å². The second kappa shape index (κ2) is 15.8. The van der Waals surface area contributed by atoms with E-state index >= 15 is 0 Å². The van der Waals surface area contributed by atoms with Crippen molar-refractivity contribution in [3.63, 3.8) is 0 Å². The van der Waals surface area contributed by atoms with E-state index in [1.165, 1.54) is 126 Å². The van der Waals surface area contributed by atoms with E-state index in [2.05, 4.69) is 235 Å². The van der Waals surface area contributed by atoms with Crippen molar-refractivity contribution >= 4 is 27.8 Å². The van der Waals surface area contributed by atoms with Crippen LogP contribution in [0.1, 0.15) is 65.8 Å². The van der Waals surface area contributed by atoms with E-state index < -0.39 is 5.41 Å². The number of nitrogens with zero attached hydrogens (tertiary/aromatic N) is 1. The van der Waals surface area contributed by atoms with E-state index in [0.29, 0.717) is 5.92 Å². The lowest BCUT2D eigenvalue weighted by atomic mass is 9.61. The van der Waals surface area contributed by atoms with Gasteiger partial charge in [-0.3, -0.25) is 0 Å². The summed E-state index contributed by atoms with van der Waals surface area (Å²) >= 11 is 0. The Morgan fingerprint density at radius 2 is 0.833 bits per heavy atom. The van der Waals surface area contributed by atoms with Gasteiger partial charge in [-0.2, -0.15) is 0 Å². The van der Waals surface area contributed by atoms with Crippen molar-refractivity contribution in [3.8, 4) is 55.6 Å². The Kier molecular flexibility index (Phi) is 9.24. The highest BCUT2D eigenvalue weighted by atomic mass is 15.1. The predicted molar refractivity (Wildman–Crippen MR) is 277 cm³/mol. The topological polar surface area (TPSA) is 3.24 Å². The van der Waals surface area contributed by atoms with Crippen LogP contribution in [-0.4, -0.2) is 0 Å². The van der Waals surface area contributed by atoms with Crippen LogP contribution < -0.4 is 4.90 Å². The van der Waals surface area contributed by atoms with E-state index in [4.69, 9.17) is 0 Å². The minimum Gasteiger partial charge on any atom is -0.310 e. The molecule has 0 radical (unpaired) electrons. The van der Waals surface area contributed by atoms with Crippen LogP contribution in [0.3, 0.4) is 0 Å². The first kappa shape index (κ1) is 38.7. The van der Waals surface area contributed by atoms with Gasteiger partial charge in [-0.25, -0.2) is 0 Å². The van der Waals surface area contributed by atoms with E-state index in [1.54, 1.807) is 0 Å². The van der Waals surface area contributed by atoms with Crippen LogP contribution in [-0.2, 0) is 5.41 Å². The summed E-state index contributed by atoms with van der Waals surface area (Å²) < 4.78 is 0. The summed E-state index contributed by atoms with van der Waals surface area (Å²) in [6.45, 7) is 0. The molecular weight excluding hydrogens is 795 g/mol. The number of rotatable bonds is 7. The van der Waals surface area contributed by atoms with Crippen LogP contribution in [0, 0.1) is 0 Å². The summed E-state index contributed by atoms with van der Waals surface area (Å²) in [5.74, 6) is 0.625. The minimum absolute atomic E-state index is 0.518. The molecule has 10 aromatic carbocycles. The molecule has 1 atom stereocenters. The molecule has 1 fully saturated rings. The Morgan fingerprint density at radius 3 is 1.55 bits per heavy atom. The lowest BCUT2D eigenvalue weighted by Crippen LogP contribution is -2.32. The molecule has 66 heavy (non-hydrogen) atoms. The lowest BCUT2D eigenvalue weighted by Gasteiger charge is -2.40. The van der Waals surface area contributed by atoms with Crippen molar-refractivity contribution in [1.29, 1.82) is 0 Å². The van der Waals surface area contributed by atoms with Crippen molar-refractivity contribution in [2.45, 2.75) is 43.4 Å². The first-order chi connectivity index (χ1) is 32.8. The van der Waals surface area contributed by atoms with E-state index in [0.717, 1.165) is 17.1 Å². The van der Waals surface area contributed by atoms with Crippen molar-refractivity contribution < 1.29 is 0 Å². The maximum absolute atomic E-state index is 2.54. The van der Waals surface area contributed by atoms with Crippen molar-refractivity contribution in [2.75, 3.05) is 4.90 Å². The molecule has 314 valence electrons. The van der Waals surface area contributed by atoms with Crippen LogP contribution >= 0.6 is 0 Å². The molecule has 0 aromatic heterocycles. The fourth-order valence-corrected chi connectivity index (χ4v) is 12.3. The molecule has 1 unspecified atom stereocenters. The second-order valence-electron chi connectivity index (χ2n) is 18.5. The fraction of sp³-hybridized carbons (Fsp3) is 0.108. The van der Waals surface area contributed by atoms with Gasteiger partial charge in [0.25, 0.3) is 0 Å². The Morgan fingerprint density at radius 1 is 0.333 bits per heavy atom. The van der Waals surface area contributed by atoms with Crippen LogP contribution in [0.2, 0.25) is 0 Å². The van der Waals surface area contributed by atoms with Crippen LogP contribution in [0.15, 0.2) is 231 Å². The monoisotopic (exact) mass is 843 g/mol. The summed E-state index contributed by atoms with van der Waals surface area (Å²) in [5, 5.41) is 2.63. The summed E-state index contributed by atoms with van der Waals surface area (Å²) in [6, 6.07) is 86.8. The van der Waals surface area contributed by atoms with Gasteiger partial charge >= 0.3 is 0 Å². The largest absolute Gasteiger partial charge is 0.310 e. The van der Waals surface area contributed by atoms with E-state index in [-0.39, 0.29) is 0 Å². The van der Waals surface area contributed by atoms with Crippen molar-refractivity contribution in [1.82, 2.24) is 0 Å². The summed E-state index contributed by atoms with van der Waals surface area (Å²) in [5.41, 5.74) is 22.3. The normalized spacial score (nSPS) is 15.9. The van der Waals surface area contributed by atoms with Gasteiger partial charge in [0.2, 0.25) is 0 Å². The van der Waals surface area contributed by atoms with Gasteiger partial charge in [-0.1, -0.05) is 219 Å². The third-order valence-electron chi connectivity index (χ3n) is 15.1. The number of hydrogen-bond acceptors (Lipinski definition) is 1. The summed E-state index contributed by atoms with van der Waals surface area (Å²) in [7, 11) is 0. The molecule has 1 nitrogen and oxygen atoms in total. The number of hydrogen-bond donors (Lipinski definition) is 0. The number of para-hydroxylation sites is 1. The molecule has 0 saturated heterocycles. The van der Waals surface area contributed by atoms with Gasteiger partial charge < -0.3 is 4.90 Å². The van der Waals surface area contributed by atoms with Gasteiger partial charge in [0, 0.05) is 16.9 Å². The maximum atomic E-state index is 2.54. The Labute approximate surface area is 388 Å². The number of benzene rings is 10. The van der Waals surface area contributed by atoms with Gasteiger partial charge in [-0.15, -0.1) is 0 Å². The predicted octanol–water partition coefficient (Wildman–Crippen LogP) is 17.7. The molecule has 10 aromatic rings. The standard InChI is InChI=1S/C65H49N/c1-3-19-44(20-4-1)45-37-39-48(40-38-45)66(63-36-16-13-31-57(63)53-28-10-9-27-52(53)51-26-8-7-25-50(51)46-21-5-2-6-22-46)49-41-42-56-54-29-11-14-33-59(54)65(62(56)43-49)60-34-15-12-30-55(60)58-32-17-23-47-24-18-35-61(65)64(47)58/h2,5-18,21-44H,1,3-4,19-20H2. The molecule has 1 spiro atoms. The zero-order valence-corrected chi connectivity index (χ0v) is 37.0. The van der Waals surface area contributed by atoms with Gasteiger partial charge in [0.05, 0.1) is 11.1 Å². The molecule has 0 bridgehead atoms.